The molecule has 0 aliphatic rings. The lowest BCUT2D eigenvalue weighted by atomic mass is 10.0. The molecule has 1 rings (SSSR count). The first kappa shape index (κ1) is 26.4. The predicted molar refractivity (Wildman–Crippen MR) is 113 cm³/mol. The minimum Gasteiger partial charge on any atom is -0.390 e. The molecule has 10 heteroatoms. The number of hydrogen-bond acceptors (Lipinski definition) is 6. The number of aliphatic hydroxyl groups is 1. The fraction of sp³-hybridized carbons (Fsp3) is 0.650. The summed E-state index contributed by atoms with van der Waals surface area (Å²) in [6.45, 7) is 4.32. The lowest BCUT2D eigenvalue weighted by Gasteiger charge is -2.26. The van der Waals surface area contributed by atoms with Crippen LogP contribution in [0.3, 0.4) is 0 Å². The Labute approximate surface area is 177 Å². The molecule has 4 N–H and O–H groups in total. The van der Waals surface area contributed by atoms with Crippen LogP contribution in [0.4, 0.5) is 8.78 Å². The molecule has 1 aromatic carbocycles. The summed E-state index contributed by atoms with van der Waals surface area (Å²) in [6, 6.07) is 1.84. The number of nitrogens with one attached hydrogen (secondary N) is 3. The monoisotopic (exact) mass is 449 g/mol. The van der Waals surface area contributed by atoms with E-state index >= 15 is 0 Å². The molecule has 0 aromatic heterocycles. The van der Waals surface area contributed by atoms with Crippen LogP contribution < -0.4 is 16.0 Å². The van der Waals surface area contributed by atoms with Crippen LogP contribution in [0.25, 0.3) is 0 Å². The smallest absolute Gasteiger partial charge is 0.237 e. The van der Waals surface area contributed by atoms with E-state index in [1.165, 1.54) is 12.1 Å². The summed E-state index contributed by atoms with van der Waals surface area (Å²) in [4.78, 5) is 12.4. The number of likely N-dealkylation sites (N-methyl/N-ethyl adjacent to an activating group) is 1. The Kier molecular flexibility index (Phi) is 10.8. The largest absolute Gasteiger partial charge is 0.390 e. The maximum atomic E-state index is 13.4. The first-order chi connectivity index (χ1) is 13.9. The molecular weight excluding hydrogens is 416 g/mol. The Bertz CT molecular complexity index is 770. The van der Waals surface area contributed by atoms with Crippen LogP contribution >= 0.6 is 0 Å². The van der Waals surface area contributed by atoms with Gasteiger partial charge in [0.15, 0.2) is 0 Å². The molecule has 0 heterocycles. The molecule has 0 aliphatic heterocycles. The second-order valence-electron chi connectivity index (χ2n) is 7.96. The predicted octanol–water partition coefficient (Wildman–Crippen LogP) is 0.621. The van der Waals surface area contributed by atoms with Gasteiger partial charge in [0.25, 0.3) is 0 Å². The van der Waals surface area contributed by atoms with Gasteiger partial charge in [0, 0.05) is 31.5 Å². The van der Waals surface area contributed by atoms with Crippen LogP contribution in [0.1, 0.15) is 25.8 Å². The molecule has 7 nitrogen and oxygen atoms in total. The Balaban J connectivity index is 2.76. The third kappa shape index (κ3) is 10.4. The second kappa shape index (κ2) is 12.3. The molecule has 172 valence electrons. The van der Waals surface area contributed by atoms with Crippen LogP contribution in [0.5, 0.6) is 0 Å². The minimum absolute atomic E-state index is 0.00711. The fourth-order valence-corrected chi connectivity index (χ4v) is 3.57. The molecule has 0 saturated carbocycles. The van der Waals surface area contributed by atoms with Gasteiger partial charge < -0.3 is 21.1 Å². The van der Waals surface area contributed by atoms with E-state index in [1.807, 2.05) is 13.8 Å². The summed E-state index contributed by atoms with van der Waals surface area (Å²) in [7, 11) is -1.65. The van der Waals surface area contributed by atoms with Gasteiger partial charge in [0.1, 0.15) is 21.5 Å². The highest BCUT2D eigenvalue weighted by Crippen LogP contribution is 2.12. The van der Waals surface area contributed by atoms with Gasteiger partial charge in [-0.25, -0.2) is 17.2 Å². The summed E-state index contributed by atoms with van der Waals surface area (Å²) < 4.78 is 49.8. The zero-order valence-electron chi connectivity index (χ0n) is 17.9. The molecule has 0 bridgehead atoms. The third-order valence-corrected chi connectivity index (χ3v) is 5.54. The van der Waals surface area contributed by atoms with Crippen molar-refractivity contribution >= 4 is 15.7 Å². The first-order valence-corrected chi connectivity index (χ1v) is 12.0. The zero-order chi connectivity index (χ0) is 22.9. The van der Waals surface area contributed by atoms with Crippen molar-refractivity contribution in [1.82, 2.24) is 16.0 Å². The third-order valence-electron chi connectivity index (χ3n) is 4.56. The number of aliphatic hydroxyl groups excluding tert-OH is 1. The lowest BCUT2D eigenvalue weighted by molar-refractivity contribution is -0.123. The molecule has 0 radical (unpaired) electrons. The van der Waals surface area contributed by atoms with Crippen molar-refractivity contribution in [2.75, 3.05) is 32.1 Å². The highest BCUT2D eigenvalue weighted by Gasteiger charge is 2.24. The number of hydrogen-bond donors (Lipinski definition) is 4. The minimum atomic E-state index is -3.26. The van der Waals surface area contributed by atoms with E-state index in [1.54, 1.807) is 7.05 Å². The summed E-state index contributed by atoms with van der Waals surface area (Å²) in [5.74, 6) is -1.68. The van der Waals surface area contributed by atoms with Gasteiger partial charge in [-0.1, -0.05) is 13.8 Å². The molecule has 1 aromatic rings. The number of carbonyl (C=O) groups is 1. The highest BCUT2D eigenvalue weighted by molar-refractivity contribution is 7.90. The summed E-state index contributed by atoms with van der Waals surface area (Å²) in [6.07, 6.45) is 0.344. The van der Waals surface area contributed by atoms with E-state index in [0.29, 0.717) is 12.1 Å². The van der Waals surface area contributed by atoms with Crippen LogP contribution in [0, 0.1) is 17.6 Å². The van der Waals surface area contributed by atoms with Crippen LogP contribution in [0.15, 0.2) is 18.2 Å². The Morgan fingerprint density at radius 2 is 1.73 bits per heavy atom. The average Bonchev–Trinajstić information content (AvgIpc) is 2.62. The lowest BCUT2D eigenvalue weighted by Crippen LogP contribution is -2.51. The number of benzene rings is 1. The van der Waals surface area contributed by atoms with Crippen molar-refractivity contribution < 1.29 is 27.1 Å². The maximum Gasteiger partial charge on any atom is 0.237 e. The highest BCUT2D eigenvalue weighted by atomic mass is 32.2. The van der Waals surface area contributed by atoms with Crippen molar-refractivity contribution in [2.24, 2.45) is 5.92 Å². The van der Waals surface area contributed by atoms with Crippen molar-refractivity contribution in [3.63, 3.8) is 0 Å². The van der Waals surface area contributed by atoms with Gasteiger partial charge >= 0.3 is 0 Å². The molecule has 0 saturated heterocycles. The second-order valence-corrected chi connectivity index (χ2v) is 10.2. The number of sulfone groups is 1. The number of rotatable bonds is 13. The first-order valence-electron chi connectivity index (χ1n) is 9.90. The zero-order valence-corrected chi connectivity index (χ0v) is 18.7. The quantitative estimate of drug-likeness (QED) is 0.352. The van der Waals surface area contributed by atoms with E-state index in [9.17, 15) is 27.1 Å². The fourth-order valence-electron chi connectivity index (χ4n) is 2.90. The molecule has 0 aliphatic carbocycles. The van der Waals surface area contributed by atoms with E-state index in [0.717, 1.165) is 12.3 Å². The topological polar surface area (TPSA) is 108 Å². The van der Waals surface area contributed by atoms with Crippen molar-refractivity contribution in [1.29, 1.82) is 0 Å². The van der Waals surface area contributed by atoms with Crippen LogP contribution in [-0.4, -0.2) is 69.8 Å². The Morgan fingerprint density at radius 3 is 2.23 bits per heavy atom. The Morgan fingerprint density at radius 1 is 1.13 bits per heavy atom. The van der Waals surface area contributed by atoms with Gasteiger partial charge in [-0.2, -0.15) is 0 Å². The van der Waals surface area contributed by atoms with Crippen molar-refractivity contribution in [3.05, 3.63) is 35.4 Å². The van der Waals surface area contributed by atoms with Gasteiger partial charge in [0.2, 0.25) is 5.91 Å². The maximum absolute atomic E-state index is 13.4. The Hall–Kier alpha value is -1.62. The number of amides is 1. The SMILES string of the molecule is CN[C@@H](Cc1cc(F)cc(F)c1)[C@H](O)CN[C@@H](CCS(C)(=O)=O)C(=O)NCC(C)C. The molecular formula is C20H33F2N3O4S. The van der Waals surface area contributed by atoms with E-state index in [-0.39, 0.29) is 37.0 Å². The van der Waals surface area contributed by atoms with E-state index in [4.69, 9.17) is 0 Å². The van der Waals surface area contributed by atoms with E-state index in [2.05, 4.69) is 16.0 Å². The molecule has 3 atom stereocenters. The number of carbonyl (C=O) groups excluding carboxylic acids is 1. The molecule has 30 heavy (non-hydrogen) atoms. The summed E-state index contributed by atoms with van der Waals surface area (Å²) in [5, 5.41) is 19.1. The molecule has 1 amide bonds. The molecule has 0 unspecified atom stereocenters. The van der Waals surface area contributed by atoms with Gasteiger partial charge in [0.05, 0.1) is 17.9 Å². The average molecular weight is 450 g/mol. The van der Waals surface area contributed by atoms with Crippen LogP contribution in [0.2, 0.25) is 0 Å². The van der Waals surface area contributed by atoms with E-state index < -0.39 is 39.7 Å². The van der Waals surface area contributed by atoms with Crippen molar-refractivity contribution in [2.45, 2.75) is 44.9 Å². The number of halogens is 2. The standard InChI is InChI=1S/C20H33F2N3O4S/c1-13(2)11-25-20(27)17(5-6-30(4,28)29)24-12-19(26)18(23-3)9-14-7-15(21)10-16(22)8-14/h7-8,10,13,17-19,23-24,26H,5-6,9,11-12H2,1-4H3,(H,25,27)/t17-,18-,19+/m0/s1. The summed E-state index contributed by atoms with van der Waals surface area (Å²) >= 11 is 0. The van der Waals surface area contributed by atoms with Crippen LogP contribution in [-0.2, 0) is 21.1 Å². The summed E-state index contributed by atoms with van der Waals surface area (Å²) in [5.41, 5.74) is 0.384. The molecule has 0 fully saturated rings. The van der Waals surface area contributed by atoms with Gasteiger partial charge in [-0.3, -0.25) is 4.79 Å². The molecule has 0 spiro atoms. The van der Waals surface area contributed by atoms with Crippen molar-refractivity contribution in [3.8, 4) is 0 Å². The van der Waals surface area contributed by atoms with Gasteiger partial charge in [-0.15, -0.1) is 0 Å². The van der Waals surface area contributed by atoms with Gasteiger partial charge in [-0.05, 0) is 43.5 Å². The normalized spacial score (nSPS) is 15.1.